The number of nitrogens with zero attached hydrogens (tertiary/aromatic N) is 1. The molecule has 1 aromatic carbocycles. The maximum Gasteiger partial charge on any atom is 0.348 e. The number of nitrogens with one attached hydrogen (secondary N) is 1. The lowest BCUT2D eigenvalue weighted by Gasteiger charge is -1.99. The van der Waals surface area contributed by atoms with Crippen molar-refractivity contribution in [3.8, 4) is 11.3 Å². The molecule has 90 valence electrons. The fraction of sp³-hybridized carbons (Fsp3) is 0.0769. The van der Waals surface area contributed by atoms with Gasteiger partial charge in [0, 0.05) is 22.2 Å². The Morgan fingerprint density at radius 3 is 2.94 bits per heavy atom. The second-order valence-corrected chi connectivity index (χ2v) is 4.86. The zero-order valence-electron chi connectivity index (χ0n) is 9.60. The number of carboxylic acid groups (broad SMARTS) is 1. The van der Waals surface area contributed by atoms with E-state index in [4.69, 9.17) is 0 Å². The van der Waals surface area contributed by atoms with Gasteiger partial charge in [0.15, 0.2) is 0 Å². The van der Waals surface area contributed by atoms with Crippen LogP contribution in [0.15, 0.2) is 29.8 Å². The van der Waals surface area contributed by atoms with Crippen LogP contribution in [0.4, 0.5) is 0 Å². The van der Waals surface area contributed by atoms with Crippen molar-refractivity contribution in [1.82, 2.24) is 9.97 Å². The van der Waals surface area contributed by atoms with Gasteiger partial charge < -0.3 is 10.1 Å². The van der Waals surface area contributed by atoms with Crippen molar-refractivity contribution in [1.29, 1.82) is 0 Å². The van der Waals surface area contributed by atoms with Crippen LogP contribution in [-0.2, 0) is 0 Å². The van der Waals surface area contributed by atoms with E-state index >= 15 is 0 Å². The first-order valence-electron chi connectivity index (χ1n) is 5.43. The molecule has 0 saturated carbocycles. The standard InChI is InChI=1S/C13H10N2O2S/c1-7-10(8-4-2-3-5-9(8)15-7)11-12(13(16)17)18-6-14-11/h2-6,15H,1H3,(H,16,17). The van der Waals surface area contributed by atoms with Gasteiger partial charge in [-0.15, -0.1) is 11.3 Å². The van der Waals surface area contributed by atoms with Crippen LogP contribution in [0.25, 0.3) is 22.2 Å². The number of carbonyl (C=O) groups is 1. The molecule has 0 aliphatic heterocycles. The predicted molar refractivity (Wildman–Crippen MR) is 71.1 cm³/mol. The van der Waals surface area contributed by atoms with Gasteiger partial charge in [0.25, 0.3) is 0 Å². The van der Waals surface area contributed by atoms with Crippen LogP contribution in [0.1, 0.15) is 15.4 Å². The van der Waals surface area contributed by atoms with Crippen molar-refractivity contribution >= 4 is 28.2 Å². The van der Waals surface area contributed by atoms with Gasteiger partial charge in [-0.25, -0.2) is 9.78 Å². The maximum atomic E-state index is 11.2. The second-order valence-electron chi connectivity index (χ2n) is 4.01. The first-order chi connectivity index (χ1) is 8.68. The van der Waals surface area contributed by atoms with E-state index in [9.17, 15) is 9.90 Å². The monoisotopic (exact) mass is 258 g/mol. The number of thiazole rings is 1. The van der Waals surface area contributed by atoms with Gasteiger partial charge >= 0.3 is 5.97 Å². The normalized spacial score (nSPS) is 10.9. The minimum Gasteiger partial charge on any atom is -0.477 e. The molecule has 0 unspecified atom stereocenters. The number of aromatic amines is 1. The molecule has 2 aromatic heterocycles. The summed E-state index contributed by atoms with van der Waals surface area (Å²) in [5, 5.41) is 10.2. The van der Waals surface area contributed by atoms with E-state index < -0.39 is 5.97 Å². The minimum absolute atomic E-state index is 0.280. The molecule has 0 atom stereocenters. The molecule has 0 aliphatic rings. The van der Waals surface area contributed by atoms with Crippen LogP contribution in [0.3, 0.4) is 0 Å². The lowest BCUT2D eigenvalue weighted by Crippen LogP contribution is -1.95. The molecule has 0 aliphatic carbocycles. The van der Waals surface area contributed by atoms with E-state index in [1.165, 1.54) is 0 Å². The van der Waals surface area contributed by atoms with Crippen molar-refractivity contribution in [2.24, 2.45) is 0 Å². The number of hydrogen-bond donors (Lipinski definition) is 2. The molecule has 0 radical (unpaired) electrons. The van der Waals surface area contributed by atoms with Gasteiger partial charge in [0.05, 0.1) is 11.2 Å². The lowest BCUT2D eigenvalue weighted by atomic mass is 10.1. The number of fused-ring (bicyclic) bond motifs is 1. The van der Waals surface area contributed by atoms with E-state index in [-0.39, 0.29) is 4.88 Å². The fourth-order valence-electron chi connectivity index (χ4n) is 2.16. The topological polar surface area (TPSA) is 66.0 Å². The molecule has 4 nitrogen and oxygen atoms in total. The molecule has 0 saturated heterocycles. The first-order valence-corrected chi connectivity index (χ1v) is 6.31. The first kappa shape index (κ1) is 11.0. The summed E-state index contributed by atoms with van der Waals surface area (Å²) in [5.74, 6) is -0.933. The molecule has 0 bridgehead atoms. The van der Waals surface area contributed by atoms with Crippen molar-refractivity contribution in [2.45, 2.75) is 6.92 Å². The number of carboxylic acids is 1. The Balaban J connectivity index is 2.34. The van der Waals surface area contributed by atoms with Gasteiger partial charge in [-0.05, 0) is 13.0 Å². The maximum absolute atomic E-state index is 11.2. The third-order valence-electron chi connectivity index (χ3n) is 2.89. The van der Waals surface area contributed by atoms with Gasteiger partial charge in [-0.3, -0.25) is 0 Å². The highest BCUT2D eigenvalue weighted by Crippen LogP contribution is 2.34. The molecule has 18 heavy (non-hydrogen) atoms. The summed E-state index contributed by atoms with van der Waals surface area (Å²) in [6.45, 7) is 1.93. The highest BCUT2D eigenvalue weighted by atomic mass is 32.1. The van der Waals surface area contributed by atoms with Crippen LogP contribution in [-0.4, -0.2) is 21.0 Å². The Morgan fingerprint density at radius 2 is 2.17 bits per heavy atom. The van der Waals surface area contributed by atoms with Gasteiger partial charge in [0.1, 0.15) is 4.88 Å². The summed E-state index contributed by atoms with van der Waals surface area (Å²) in [6, 6.07) is 7.82. The highest BCUT2D eigenvalue weighted by molar-refractivity contribution is 7.12. The van der Waals surface area contributed by atoms with Crippen LogP contribution < -0.4 is 0 Å². The van der Waals surface area contributed by atoms with Crippen LogP contribution in [0.2, 0.25) is 0 Å². The Morgan fingerprint density at radius 1 is 1.39 bits per heavy atom. The van der Waals surface area contributed by atoms with Crippen LogP contribution in [0.5, 0.6) is 0 Å². The average Bonchev–Trinajstić information content (AvgIpc) is 2.91. The summed E-state index contributed by atoms with van der Waals surface area (Å²) in [6.07, 6.45) is 0. The number of aromatic nitrogens is 2. The summed E-state index contributed by atoms with van der Waals surface area (Å²) in [5.41, 5.74) is 4.92. The molecule has 2 N–H and O–H groups in total. The quantitative estimate of drug-likeness (QED) is 0.741. The summed E-state index contributed by atoms with van der Waals surface area (Å²) >= 11 is 1.15. The molecular formula is C13H10N2O2S. The van der Waals surface area contributed by atoms with E-state index in [0.29, 0.717) is 5.69 Å². The molecule has 0 amide bonds. The largest absolute Gasteiger partial charge is 0.477 e. The summed E-state index contributed by atoms with van der Waals surface area (Å²) in [7, 11) is 0. The summed E-state index contributed by atoms with van der Waals surface area (Å²) < 4.78 is 0. The van der Waals surface area contributed by atoms with E-state index in [2.05, 4.69) is 9.97 Å². The Bertz CT molecular complexity index is 742. The number of rotatable bonds is 2. The Kier molecular flexibility index (Phi) is 2.41. The number of aryl methyl sites for hydroxylation is 1. The van der Waals surface area contributed by atoms with E-state index in [1.54, 1.807) is 5.51 Å². The second kappa shape index (κ2) is 3.96. The van der Waals surface area contributed by atoms with Crippen molar-refractivity contribution in [2.75, 3.05) is 0 Å². The average molecular weight is 258 g/mol. The number of para-hydroxylation sites is 1. The van der Waals surface area contributed by atoms with Crippen LogP contribution >= 0.6 is 11.3 Å². The van der Waals surface area contributed by atoms with Crippen molar-refractivity contribution in [3.05, 3.63) is 40.3 Å². The SMILES string of the molecule is Cc1[nH]c2ccccc2c1-c1ncsc1C(=O)O. The molecule has 0 spiro atoms. The number of aromatic carboxylic acids is 1. The number of H-pyrrole nitrogens is 1. The molecule has 3 rings (SSSR count). The fourth-order valence-corrected chi connectivity index (χ4v) is 2.79. The number of benzene rings is 1. The van der Waals surface area contributed by atoms with Gasteiger partial charge in [0.2, 0.25) is 0 Å². The minimum atomic E-state index is -0.933. The zero-order valence-corrected chi connectivity index (χ0v) is 10.4. The predicted octanol–water partition coefficient (Wildman–Crippen LogP) is 3.30. The van der Waals surface area contributed by atoms with Gasteiger partial charge in [-0.2, -0.15) is 0 Å². The molecule has 2 heterocycles. The molecule has 0 fully saturated rings. The molecule has 5 heteroatoms. The highest BCUT2D eigenvalue weighted by Gasteiger charge is 2.20. The molecule has 3 aromatic rings. The third-order valence-corrected chi connectivity index (χ3v) is 3.71. The lowest BCUT2D eigenvalue weighted by molar-refractivity contribution is 0.0703. The van der Waals surface area contributed by atoms with Crippen molar-refractivity contribution in [3.63, 3.8) is 0 Å². The van der Waals surface area contributed by atoms with Crippen LogP contribution in [0, 0.1) is 6.92 Å². The van der Waals surface area contributed by atoms with Crippen molar-refractivity contribution < 1.29 is 9.90 Å². The van der Waals surface area contributed by atoms with E-state index in [1.807, 2.05) is 31.2 Å². The Hall–Kier alpha value is -2.14. The van der Waals surface area contributed by atoms with E-state index in [0.717, 1.165) is 33.5 Å². The summed E-state index contributed by atoms with van der Waals surface area (Å²) in [4.78, 5) is 18.9. The van der Waals surface area contributed by atoms with Gasteiger partial charge in [-0.1, -0.05) is 18.2 Å². The number of hydrogen-bond acceptors (Lipinski definition) is 3. The smallest absolute Gasteiger partial charge is 0.348 e. The molecular weight excluding hydrogens is 248 g/mol. The third kappa shape index (κ3) is 1.52. The zero-order chi connectivity index (χ0) is 12.7. The Labute approximate surface area is 107 Å².